The molecule has 0 radical (unpaired) electrons. The van der Waals surface area contributed by atoms with Crippen LogP contribution >= 0.6 is 0 Å². The van der Waals surface area contributed by atoms with E-state index >= 15 is 0 Å². The van der Waals surface area contributed by atoms with Gasteiger partial charge in [0.05, 0.1) is 12.0 Å². The molecule has 1 unspecified atom stereocenters. The van der Waals surface area contributed by atoms with Gasteiger partial charge >= 0.3 is 5.97 Å². The first kappa shape index (κ1) is 19.5. The molecule has 1 atom stereocenters. The summed E-state index contributed by atoms with van der Waals surface area (Å²) in [5.41, 5.74) is 1.55. The van der Waals surface area contributed by atoms with Crippen molar-refractivity contribution in [3.8, 4) is 0 Å². The Balaban J connectivity index is 1.66. The fraction of sp³-hybridized carbons (Fsp3) is 0.333. The maximum Gasteiger partial charge on any atom is 0.305 e. The number of rotatable bonds is 7. The molecule has 1 aromatic carbocycles. The van der Waals surface area contributed by atoms with Gasteiger partial charge in [0.15, 0.2) is 0 Å². The van der Waals surface area contributed by atoms with Gasteiger partial charge in [0.25, 0.3) is 5.91 Å². The Kier molecular flexibility index (Phi) is 6.37. The smallest absolute Gasteiger partial charge is 0.305 e. The number of hydrogen-bond donors (Lipinski definition) is 1. The SMILES string of the molecule is O=C(O)CC1C(=O)N(CCCc2ccccc2)CCN1C(=O)c1cccnc1. The summed E-state index contributed by atoms with van der Waals surface area (Å²) in [5.74, 6) is -1.77. The number of carbonyl (C=O) groups is 3. The summed E-state index contributed by atoms with van der Waals surface area (Å²) in [6.45, 7) is 1.25. The van der Waals surface area contributed by atoms with E-state index in [0.29, 0.717) is 25.2 Å². The van der Waals surface area contributed by atoms with Gasteiger partial charge in [-0.15, -0.1) is 0 Å². The summed E-state index contributed by atoms with van der Waals surface area (Å²) < 4.78 is 0. The van der Waals surface area contributed by atoms with Crippen LogP contribution in [-0.2, 0) is 16.0 Å². The van der Waals surface area contributed by atoms with Crippen molar-refractivity contribution in [3.05, 3.63) is 66.0 Å². The Labute approximate surface area is 163 Å². The standard InChI is InChI=1S/C21H23N3O4/c25-19(26)14-18-21(28)23(11-5-8-16-6-2-1-3-7-16)12-13-24(18)20(27)17-9-4-10-22-15-17/h1-4,6-7,9-10,15,18H,5,8,11-14H2,(H,25,26). The van der Waals surface area contributed by atoms with E-state index in [1.807, 2.05) is 30.3 Å². The highest BCUT2D eigenvalue weighted by Crippen LogP contribution is 2.19. The lowest BCUT2D eigenvalue weighted by Crippen LogP contribution is -2.59. The lowest BCUT2D eigenvalue weighted by molar-refractivity contribution is -0.147. The second-order valence-corrected chi connectivity index (χ2v) is 6.77. The number of carboxylic acids is 1. The second kappa shape index (κ2) is 9.12. The summed E-state index contributed by atoms with van der Waals surface area (Å²) in [4.78, 5) is 43.9. The van der Waals surface area contributed by atoms with Crippen LogP contribution in [0.4, 0.5) is 0 Å². The van der Waals surface area contributed by atoms with Crippen LogP contribution in [0.2, 0.25) is 0 Å². The van der Waals surface area contributed by atoms with Gasteiger partial charge in [-0.1, -0.05) is 30.3 Å². The molecular weight excluding hydrogens is 358 g/mol. The van der Waals surface area contributed by atoms with Crippen LogP contribution in [0, 0.1) is 0 Å². The van der Waals surface area contributed by atoms with Crippen molar-refractivity contribution in [1.29, 1.82) is 0 Å². The number of benzene rings is 1. The number of hydrogen-bond acceptors (Lipinski definition) is 4. The Bertz CT molecular complexity index is 826. The predicted molar refractivity (Wildman–Crippen MR) is 103 cm³/mol. The van der Waals surface area contributed by atoms with Gasteiger partial charge in [0.1, 0.15) is 6.04 Å². The van der Waals surface area contributed by atoms with Gasteiger partial charge in [-0.05, 0) is 30.5 Å². The van der Waals surface area contributed by atoms with E-state index in [-0.39, 0.29) is 11.8 Å². The first-order valence-corrected chi connectivity index (χ1v) is 9.32. The summed E-state index contributed by atoms with van der Waals surface area (Å²) in [5, 5.41) is 9.24. The Morgan fingerprint density at radius 2 is 1.89 bits per heavy atom. The predicted octanol–water partition coefficient (Wildman–Crippen LogP) is 1.84. The van der Waals surface area contributed by atoms with E-state index in [4.69, 9.17) is 0 Å². The topological polar surface area (TPSA) is 90.8 Å². The highest BCUT2D eigenvalue weighted by molar-refractivity contribution is 5.99. The molecule has 1 aliphatic rings. The van der Waals surface area contributed by atoms with Crippen molar-refractivity contribution in [3.63, 3.8) is 0 Å². The van der Waals surface area contributed by atoms with E-state index in [1.165, 1.54) is 16.7 Å². The van der Waals surface area contributed by atoms with E-state index in [1.54, 1.807) is 23.2 Å². The highest BCUT2D eigenvalue weighted by atomic mass is 16.4. The molecule has 2 amide bonds. The van der Waals surface area contributed by atoms with Crippen LogP contribution in [-0.4, -0.2) is 63.4 Å². The molecule has 3 rings (SSSR count). The number of aryl methyl sites for hydroxylation is 1. The van der Waals surface area contributed by atoms with E-state index < -0.39 is 18.4 Å². The molecule has 7 heteroatoms. The molecule has 0 saturated carbocycles. The van der Waals surface area contributed by atoms with Crippen LogP contribution in [0.3, 0.4) is 0 Å². The minimum atomic E-state index is -1.10. The van der Waals surface area contributed by atoms with Gasteiger partial charge in [-0.25, -0.2) is 0 Å². The average molecular weight is 381 g/mol. The molecule has 1 aromatic heterocycles. The minimum Gasteiger partial charge on any atom is -0.481 e. The molecule has 2 aromatic rings. The molecule has 0 aliphatic carbocycles. The quantitative estimate of drug-likeness (QED) is 0.790. The number of aliphatic carboxylic acids is 1. The Hall–Kier alpha value is -3.22. The van der Waals surface area contributed by atoms with Crippen LogP contribution in [0.25, 0.3) is 0 Å². The first-order valence-electron chi connectivity index (χ1n) is 9.32. The van der Waals surface area contributed by atoms with Crippen LogP contribution < -0.4 is 0 Å². The van der Waals surface area contributed by atoms with Crippen molar-refractivity contribution in [2.45, 2.75) is 25.3 Å². The van der Waals surface area contributed by atoms with Crippen LogP contribution in [0.15, 0.2) is 54.9 Å². The zero-order valence-electron chi connectivity index (χ0n) is 15.5. The van der Waals surface area contributed by atoms with Gasteiger partial charge in [-0.2, -0.15) is 0 Å². The lowest BCUT2D eigenvalue weighted by atomic mass is 10.0. The van der Waals surface area contributed by atoms with Gasteiger partial charge in [-0.3, -0.25) is 19.4 Å². The molecule has 1 N–H and O–H groups in total. The Morgan fingerprint density at radius 3 is 2.57 bits per heavy atom. The molecular formula is C21H23N3O4. The number of amides is 2. The molecule has 1 saturated heterocycles. The number of aromatic nitrogens is 1. The molecule has 1 aliphatic heterocycles. The van der Waals surface area contributed by atoms with Crippen molar-refractivity contribution >= 4 is 17.8 Å². The fourth-order valence-electron chi connectivity index (χ4n) is 3.44. The van der Waals surface area contributed by atoms with E-state index in [0.717, 1.165) is 12.8 Å². The number of piperazine rings is 1. The fourth-order valence-corrected chi connectivity index (χ4v) is 3.44. The van der Waals surface area contributed by atoms with Gasteiger partial charge in [0.2, 0.25) is 5.91 Å². The molecule has 0 spiro atoms. The van der Waals surface area contributed by atoms with Crippen molar-refractivity contribution < 1.29 is 19.5 Å². The molecule has 146 valence electrons. The van der Waals surface area contributed by atoms with Gasteiger partial charge in [0, 0.05) is 32.0 Å². The summed E-state index contributed by atoms with van der Waals surface area (Å²) >= 11 is 0. The third-order valence-corrected chi connectivity index (χ3v) is 4.86. The highest BCUT2D eigenvalue weighted by Gasteiger charge is 2.38. The normalized spacial score (nSPS) is 16.9. The molecule has 0 bridgehead atoms. The Morgan fingerprint density at radius 1 is 1.11 bits per heavy atom. The maximum absolute atomic E-state index is 12.9. The summed E-state index contributed by atoms with van der Waals surface area (Å²) in [6, 6.07) is 12.3. The van der Waals surface area contributed by atoms with E-state index in [9.17, 15) is 19.5 Å². The third-order valence-electron chi connectivity index (χ3n) is 4.86. The summed E-state index contributed by atoms with van der Waals surface area (Å²) in [6.07, 6.45) is 4.21. The van der Waals surface area contributed by atoms with Crippen molar-refractivity contribution in [1.82, 2.24) is 14.8 Å². The van der Waals surface area contributed by atoms with Gasteiger partial charge < -0.3 is 14.9 Å². The van der Waals surface area contributed by atoms with Crippen molar-refractivity contribution in [2.75, 3.05) is 19.6 Å². The molecule has 1 fully saturated rings. The van der Waals surface area contributed by atoms with E-state index in [2.05, 4.69) is 4.98 Å². The zero-order chi connectivity index (χ0) is 19.9. The molecule has 28 heavy (non-hydrogen) atoms. The summed E-state index contributed by atoms with van der Waals surface area (Å²) in [7, 11) is 0. The van der Waals surface area contributed by atoms with Crippen molar-refractivity contribution in [2.24, 2.45) is 0 Å². The zero-order valence-corrected chi connectivity index (χ0v) is 15.5. The number of carbonyl (C=O) groups excluding carboxylic acids is 2. The monoisotopic (exact) mass is 381 g/mol. The number of pyridine rings is 1. The average Bonchev–Trinajstić information content (AvgIpc) is 2.71. The van der Waals surface area contributed by atoms with Crippen LogP contribution in [0.5, 0.6) is 0 Å². The molecule has 2 heterocycles. The number of nitrogens with zero attached hydrogens (tertiary/aromatic N) is 3. The first-order chi connectivity index (χ1) is 13.6. The van der Waals surface area contributed by atoms with Crippen LogP contribution in [0.1, 0.15) is 28.8 Å². The number of carboxylic acid groups (broad SMARTS) is 1. The second-order valence-electron chi connectivity index (χ2n) is 6.77. The third kappa shape index (κ3) is 4.73. The molecule has 7 nitrogen and oxygen atoms in total. The maximum atomic E-state index is 12.9. The lowest BCUT2D eigenvalue weighted by Gasteiger charge is -2.40. The minimum absolute atomic E-state index is 0.307. The largest absolute Gasteiger partial charge is 0.481 e.